The molecule has 84 valence electrons. The highest BCUT2D eigenvalue weighted by Crippen LogP contribution is 2.57. The van der Waals surface area contributed by atoms with Crippen molar-refractivity contribution in [3.05, 3.63) is 35.9 Å². The first-order chi connectivity index (χ1) is 7.84. The Morgan fingerprint density at radius 3 is 2.25 bits per heavy atom. The SMILES string of the molecule is c1ccc(C23C[C@@H]4CC(C[C@@H](C4)C2)O3)cc1. The Bertz CT molecular complexity index is 360. The topological polar surface area (TPSA) is 9.23 Å². The third kappa shape index (κ3) is 1.21. The zero-order valence-corrected chi connectivity index (χ0v) is 9.56. The average molecular weight is 214 g/mol. The normalized spacial score (nSPS) is 44.9. The fourth-order valence-electron chi connectivity index (χ4n) is 4.41. The van der Waals surface area contributed by atoms with Gasteiger partial charge in [-0.3, -0.25) is 0 Å². The van der Waals surface area contributed by atoms with E-state index in [0.717, 1.165) is 11.8 Å². The lowest BCUT2D eigenvalue weighted by Crippen LogP contribution is -2.52. The summed E-state index contributed by atoms with van der Waals surface area (Å²) in [4.78, 5) is 0. The Labute approximate surface area is 96.8 Å². The molecule has 0 radical (unpaired) electrons. The minimum Gasteiger partial charge on any atom is -0.367 e. The Morgan fingerprint density at radius 1 is 0.938 bits per heavy atom. The first kappa shape index (κ1) is 9.23. The second-order valence-electron chi connectivity index (χ2n) is 5.95. The third-order valence-corrected chi connectivity index (χ3v) is 4.79. The van der Waals surface area contributed by atoms with Crippen LogP contribution in [0.15, 0.2) is 30.3 Å². The summed E-state index contributed by atoms with van der Waals surface area (Å²) in [5.41, 5.74) is 1.52. The van der Waals surface area contributed by atoms with Crippen LogP contribution >= 0.6 is 0 Å². The van der Waals surface area contributed by atoms with Gasteiger partial charge in [0.25, 0.3) is 0 Å². The molecule has 0 amide bonds. The Morgan fingerprint density at radius 2 is 1.62 bits per heavy atom. The zero-order chi connectivity index (χ0) is 10.6. The predicted molar refractivity (Wildman–Crippen MR) is 63.1 cm³/mol. The van der Waals surface area contributed by atoms with Crippen LogP contribution in [0, 0.1) is 11.8 Å². The molecule has 2 saturated heterocycles. The van der Waals surface area contributed by atoms with Crippen molar-refractivity contribution < 1.29 is 4.74 Å². The van der Waals surface area contributed by atoms with Crippen molar-refractivity contribution in [1.29, 1.82) is 0 Å². The van der Waals surface area contributed by atoms with Gasteiger partial charge in [-0.15, -0.1) is 0 Å². The molecule has 0 N–H and O–H groups in total. The summed E-state index contributed by atoms with van der Waals surface area (Å²) in [6, 6.07) is 10.9. The van der Waals surface area contributed by atoms with E-state index in [1.165, 1.54) is 37.7 Å². The molecule has 2 saturated carbocycles. The van der Waals surface area contributed by atoms with Crippen molar-refractivity contribution >= 4 is 0 Å². The molecule has 2 aliphatic heterocycles. The maximum absolute atomic E-state index is 6.40. The molecule has 1 aromatic carbocycles. The number of hydrogen-bond acceptors (Lipinski definition) is 1. The second-order valence-corrected chi connectivity index (χ2v) is 5.95. The maximum Gasteiger partial charge on any atom is 0.0940 e. The molecule has 4 aliphatic rings. The van der Waals surface area contributed by atoms with E-state index in [9.17, 15) is 0 Å². The van der Waals surface area contributed by atoms with E-state index >= 15 is 0 Å². The molecule has 1 aromatic rings. The van der Waals surface area contributed by atoms with Gasteiger partial charge in [-0.05, 0) is 49.5 Å². The standard InChI is InChI=1S/C15H18O/c1-2-4-13(5-3-1)15-9-11-6-12(10-15)8-14(7-11)16-15/h1-5,11-12,14H,6-10H2/t11-,12+,14?,15?. The zero-order valence-electron chi connectivity index (χ0n) is 9.56. The molecule has 2 aliphatic carbocycles. The molecule has 4 atom stereocenters. The van der Waals surface area contributed by atoms with Gasteiger partial charge in [-0.2, -0.15) is 0 Å². The first-order valence-electron chi connectivity index (χ1n) is 6.57. The summed E-state index contributed by atoms with van der Waals surface area (Å²) >= 11 is 0. The van der Waals surface area contributed by atoms with E-state index in [0.29, 0.717) is 6.10 Å². The quantitative estimate of drug-likeness (QED) is 0.695. The van der Waals surface area contributed by atoms with Gasteiger partial charge in [0.05, 0.1) is 11.7 Å². The van der Waals surface area contributed by atoms with Crippen LogP contribution in [0.5, 0.6) is 0 Å². The number of ether oxygens (including phenoxy) is 1. The summed E-state index contributed by atoms with van der Waals surface area (Å²) in [5, 5.41) is 0. The van der Waals surface area contributed by atoms with E-state index in [4.69, 9.17) is 4.74 Å². The Balaban J connectivity index is 1.77. The van der Waals surface area contributed by atoms with Gasteiger partial charge in [0, 0.05) is 0 Å². The van der Waals surface area contributed by atoms with Crippen LogP contribution in [-0.2, 0) is 10.3 Å². The Hall–Kier alpha value is -0.820. The predicted octanol–water partition coefficient (Wildman–Crippen LogP) is 3.49. The average Bonchev–Trinajstić information content (AvgIpc) is 2.28. The summed E-state index contributed by atoms with van der Waals surface area (Å²) in [5.74, 6) is 1.87. The second kappa shape index (κ2) is 3.10. The highest BCUT2D eigenvalue weighted by molar-refractivity contribution is 5.25. The lowest BCUT2D eigenvalue weighted by Gasteiger charge is -2.56. The van der Waals surface area contributed by atoms with Crippen molar-refractivity contribution in [3.63, 3.8) is 0 Å². The third-order valence-electron chi connectivity index (χ3n) is 4.79. The molecule has 0 spiro atoms. The summed E-state index contributed by atoms with van der Waals surface area (Å²) in [7, 11) is 0. The fraction of sp³-hybridized carbons (Fsp3) is 0.600. The number of rotatable bonds is 1. The fourth-order valence-corrected chi connectivity index (χ4v) is 4.41. The van der Waals surface area contributed by atoms with E-state index in [1.54, 1.807) is 0 Å². The number of benzene rings is 1. The first-order valence-corrected chi connectivity index (χ1v) is 6.57. The van der Waals surface area contributed by atoms with E-state index in [-0.39, 0.29) is 5.60 Å². The summed E-state index contributed by atoms with van der Waals surface area (Å²) in [6.45, 7) is 0. The van der Waals surface area contributed by atoms with Gasteiger partial charge >= 0.3 is 0 Å². The van der Waals surface area contributed by atoms with Gasteiger partial charge < -0.3 is 4.74 Å². The maximum atomic E-state index is 6.40. The molecule has 1 nitrogen and oxygen atoms in total. The van der Waals surface area contributed by atoms with Crippen molar-refractivity contribution in [2.24, 2.45) is 11.8 Å². The van der Waals surface area contributed by atoms with Crippen LogP contribution in [0.25, 0.3) is 0 Å². The molecular formula is C15H18O. The number of hydrogen-bond donors (Lipinski definition) is 0. The van der Waals surface area contributed by atoms with E-state index < -0.39 is 0 Å². The van der Waals surface area contributed by atoms with Gasteiger partial charge in [0.15, 0.2) is 0 Å². The minimum atomic E-state index is 0.0933. The lowest BCUT2D eigenvalue weighted by atomic mass is 9.60. The molecule has 2 heterocycles. The van der Waals surface area contributed by atoms with Gasteiger partial charge in [-0.1, -0.05) is 30.3 Å². The van der Waals surface area contributed by atoms with Crippen LogP contribution in [-0.4, -0.2) is 6.10 Å². The van der Waals surface area contributed by atoms with Crippen LogP contribution in [0.3, 0.4) is 0 Å². The monoisotopic (exact) mass is 214 g/mol. The van der Waals surface area contributed by atoms with Crippen molar-refractivity contribution in [2.45, 2.75) is 43.8 Å². The van der Waals surface area contributed by atoms with Crippen LogP contribution < -0.4 is 0 Å². The van der Waals surface area contributed by atoms with Crippen molar-refractivity contribution in [1.82, 2.24) is 0 Å². The molecule has 5 rings (SSSR count). The largest absolute Gasteiger partial charge is 0.367 e. The smallest absolute Gasteiger partial charge is 0.0940 e. The van der Waals surface area contributed by atoms with E-state index in [2.05, 4.69) is 30.3 Å². The molecule has 16 heavy (non-hydrogen) atoms. The molecule has 0 aromatic heterocycles. The van der Waals surface area contributed by atoms with Crippen molar-refractivity contribution in [3.8, 4) is 0 Å². The molecule has 4 fully saturated rings. The molecule has 2 unspecified atom stereocenters. The highest BCUT2D eigenvalue weighted by atomic mass is 16.5. The van der Waals surface area contributed by atoms with Gasteiger partial charge in [-0.25, -0.2) is 0 Å². The summed E-state index contributed by atoms with van der Waals surface area (Å²) in [6.07, 6.45) is 7.21. The van der Waals surface area contributed by atoms with Gasteiger partial charge in [0.2, 0.25) is 0 Å². The van der Waals surface area contributed by atoms with Crippen LogP contribution in [0.2, 0.25) is 0 Å². The van der Waals surface area contributed by atoms with Crippen LogP contribution in [0.4, 0.5) is 0 Å². The minimum absolute atomic E-state index is 0.0933. The van der Waals surface area contributed by atoms with E-state index in [1.807, 2.05) is 0 Å². The Kier molecular flexibility index (Phi) is 1.79. The molecule has 1 heteroatoms. The lowest BCUT2D eigenvalue weighted by molar-refractivity contribution is -0.226. The highest BCUT2D eigenvalue weighted by Gasteiger charge is 2.52. The summed E-state index contributed by atoms with van der Waals surface area (Å²) < 4.78 is 6.40. The molecule has 4 bridgehead atoms. The van der Waals surface area contributed by atoms with Gasteiger partial charge in [0.1, 0.15) is 0 Å². The molecular weight excluding hydrogens is 196 g/mol. The van der Waals surface area contributed by atoms with Crippen LogP contribution in [0.1, 0.15) is 37.7 Å². The van der Waals surface area contributed by atoms with Crippen molar-refractivity contribution in [2.75, 3.05) is 0 Å².